The van der Waals surface area contributed by atoms with Gasteiger partial charge in [0.25, 0.3) is 0 Å². The van der Waals surface area contributed by atoms with E-state index in [0.717, 1.165) is 6.16 Å². The third-order valence-electron chi connectivity index (χ3n) is 4.22. The zero-order chi connectivity index (χ0) is 17.0. The van der Waals surface area contributed by atoms with E-state index in [0.29, 0.717) is 0 Å². The largest absolute Gasteiger partial charge is 1.00 e. The van der Waals surface area contributed by atoms with E-state index in [1.54, 1.807) is 0 Å². The highest BCUT2D eigenvalue weighted by atomic mass is 79.9. The molecule has 130 valence electrons. The van der Waals surface area contributed by atoms with Gasteiger partial charge in [-0.25, -0.2) is 0 Å². The highest BCUT2D eigenvalue weighted by molar-refractivity contribution is 7.95. The molecule has 3 aromatic carbocycles. The molecular weight excluding hydrogens is 391 g/mol. The SMILES string of the molecule is CC(C)(O)C[P+](c1ccccc1)(c1ccccc1)c1ccccc1.[Br-]. The van der Waals surface area contributed by atoms with Gasteiger partial charge >= 0.3 is 0 Å². The molecule has 0 bridgehead atoms. The van der Waals surface area contributed by atoms with Crippen molar-refractivity contribution < 1.29 is 22.1 Å². The number of aliphatic hydroxyl groups is 1. The Morgan fingerprint density at radius 2 is 0.920 bits per heavy atom. The first-order valence-electron chi connectivity index (χ1n) is 8.30. The van der Waals surface area contributed by atoms with Crippen molar-refractivity contribution in [3.8, 4) is 0 Å². The maximum Gasteiger partial charge on any atom is 0.114 e. The van der Waals surface area contributed by atoms with Crippen molar-refractivity contribution in [2.75, 3.05) is 6.16 Å². The Hall–Kier alpha value is -1.47. The molecule has 25 heavy (non-hydrogen) atoms. The second kappa shape index (κ2) is 8.27. The van der Waals surface area contributed by atoms with Crippen LogP contribution in [0.3, 0.4) is 0 Å². The Balaban J connectivity index is 0.00000225. The smallest absolute Gasteiger partial charge is 0.114 e. The van der Waals surface area contributed by atoms with Crippen molar-refractivity contribution in [2.45, 2.75) is 19.4 Å². The minimum atomic E-state index is -1.92. The lowest BCUT2D eigenvalue weighted by Gasteiger charge is -2.32. The van der Waals surface area contributed by atoms with Gasteiger partial charge in [0.1, 0.15) is 29.3 Å². The Bertz CT molecular complexity index is 671. The first-order valence-corrected chi connectivity index (χ1v) is 10.3. The highest BCUT2D eigenvalue weighted by Crippen LogP contribution is 2.57. The summed E-state index contributed by atoms with van der Waals surface area (Å²) in [5, 5.41) is 14.7. The molecule has 0 saturated carbocycles. The average molecular weight is 415 g/mol. The Morgan fingerprint density at radius 1 is 0.640 bits per heavy atom. The third-order valence-corrected chi connectivity index (χ3v) is 9.00. The van der Waals surface area contributed by atoms with E-state index in [4.69, 9.17) is 0 Å². The number of hydrogen-bond acceptors (Lipinski definition) is 1. The first-order chi connectivity index (χ1) is 11.5. The Morgan fingerprint density at radius 3 is 1.16 bits per heavy atom. The van der Waals surface area contributed by atoms with E-state index in [9.17, 15) is 5.11 Å². The van der Waals surface area contributed by atoms with Gasteiger partial charge in [-0.15, -0.1) is 0 Å². The van der Waals surface area contributed by atoms with Crippen LogP contribution in [0.1, 0.15) is 13.8 Å². The molecule has 0 unspecified atom stereocenters. The van der Waals surface area contributed by atoms with Crippen LogP contribution in [0.5, 0.6) is 0 Å². The minimum Gasteiger partial charge on any atom is -1.00 e. The standard InChI is InChI=1S/C22H24OP.BrH/c1-22(2,23)18-24(19-12-6-3-7-13-19,20-14-8-4-9-15-20)21-16-10-5-11-17-21;/h3-17,23H,18H2,1-2H3;1H/q+1;/p-1. The summed E-state index contributed by atoms with van der Waals surface area (Å²) in [5.74, 6) is 0. The molecule has 1 nitrogen and oxygen atoms in total. The van der Waals surface area contributed by atoms with Crippen molar-refractivity contribution in [2.24, 2.45) is 0 Å². The van der Waals surface area contributed by atoms with Crippen molar-refractivity contribution in [1.82, 2.24) is 0 Å². The van der Waals surface area contributed by atoms with E-state index in [1.165, 1.54) is 15.9 Å². The summed E-state index contributed by atoms with van der Waals surface area (Å²) in [4.78, 5) is 0. The third kappa shape index (κ3) is 4.39. The molecule has 1 N–H and O–H groups in total. The average Bonchev–Trinajstić information content (AvgIpc) is 2.61. The van der Waals surface area contributed by atoms with Gasteiger partial charge in [0, 0.05) is 0 Å². The van der Waals surface area contributed by atoms with Gasteiger partial charge in [-0.1, -0.05) is 54.6 Å². The van der Waals surface area contributed by atoms with E-state index in [2.05, 4.69) is 91.0 Å². The lowest BCUT2D eigenvalue weighted by atomic mass is 10.2. The van der Waals surface area contributed by atoms with Crippen molar-refractivity contribution in [1.29, 1.82) is 0 Å². The summed E-state index contributed by atoms with van der Waals surface area (Å²) in [6.45, 7) is 3.83. The van der Waals surface area contributed by atoms with Gasteiger partial charge in [-0.3, -0.25) is 0 Å². The summed E-state index contributed by atoms with van der Waals surface area (Å²) in [5.41, 5.74) is -0.755. The normalized spacial score (nSPS) is 11.6. The molecule has 0 radical (unpaired) electrons. The lowest BCUT2D eigenvalue weighted by Crippen LogP contribution is -3.00. The van der Waals surface area contributed by atoms with Crippen LogP contribution in [0.4, 0.5) is 0 Å². The quantitative estimate of drug-likeness (QED) is 0.611. The molecule has 0 aliphatic rings. The van der Waals surface area contributed by atoms with Crippen LogP contribution in [0.15, 0.2) is 91.0 Å². The number of rotatable bonds is 5. The van der Waals surface area contributed by atoms with E-state index in [-0.39, 0.29) is 17.0 Å². The maximum absolute atomic E-state index is 10.8. The van der Waals surface area contributed by atoms with Gasteiger partial charge in [-0.05, 0) is 50.2 Å². The van der Waals surface area contributed by atoms with E-state index >= 15 is 0 Å². The fourth-order valence-electron chi connectivity index (χ4n) is 3.35. The molecular formula is C22H24BrOP. The lowest BCUT2D eigenvalue weighted by molar-refractivity contribution is -0.0000114. The van der Waals surface area contributed by atoms with Crippen molar-refractivity contribution in [3.63, 3.8) is 0 Å². The molecule has 0 aliphatic carbocycles. The molecule has 0 saturated heterocycles. The summed E-state index contributed by atoms with van der Waals surface area (Å²) in [6.07, 6.45) is 0.720. The van der Waals surface area contributed by atoms with Crippen LogP contribution in [0, 0.1) is 0 Å². The number of halogens is 1. The molecule has 3 heteroatoms. The molecule has 0 heterocycles. The zero-order valence-corrected chi connectivity index (χ0v) is 17.1. The van der Waals surface area contributed by atoms with Crippen molar-refractivity contribution >= 4 is 23.2 Å². The molecule has 0 amide bonds. The van der Waals surface area contributed by atoms with Crippen LogP contribution in [-0.4, -0.2) is 16.9 Å². The maximum atomic E-state index is 10.8. The summed E-state index contributed by atoms with van der Waals surface area (Å²) < 4.78 is 0. The van der Waals surface area contributed by atoms with Gasteiger partial charge in [0.2, 0.25) is 0 Å². The summed E-state index contributed by atoms with van der Waals surface area (Å²) >= 11 is 0. The van der Waals surface area contributed by atoms with E-state index in [1.807, 2.05) is 13.8 Å². The van der Waals surface area contributed by atoms with Gasteiger partial charge in [-0.2, -0.15) is 0 Å². The molecule has 3 rings (SSSR count). The highest BCUT2D eigenvalue weighted by Gasteiger charge is 2.48. The predicted octanol–water partition coefficient (Wildman–Crippen LogP) is 0.755. The zero-order valence-electron chi connectivity index (χ0n) is 14.6. The molecule has 0 fully saturated rings. The monoisotopic (exact) mass is 414 g/mol. The van der Waals surface area contributed by atoms with Crippen LogP contribution in [-0.2, 0) is 0 Å². The molecule has 0 atom stereocenters. The Kier molecular flexibility index (Phi) is 6.57. The fraction of sp³-hybridized carbons (Fsp3) is 0.182. The van der Waals surface area contributed by atoms with Gasteiger partial charge < -0.3 is 22.1 Å². The number of benzene rings is 3. The van der Waals surface area contributed by atoms with Gasteiger partial charge in [0.05, 0.1) is 5.60 Å². The first kappa shape index (κ1) is 19.8. The summed E-state index contributed by atoms with van der Waals surface area (Å²) in [7, 11) is -1.92. The van der Waals surface area contributed by atoms with Gasteiger partial charge in [0.15, 0.2) is 0 Å². The fourth-order valence-corrected chi connectivity index (χ4v) is 8.00. The molecule has 0 aromatic heterocycles. The number of hydrogen-bond donors (Lipinski definition) is 1. The minimum absolute atomic E-state index is 0. The van der Waals surface area contributed by atoms with Crippen LogP contribution < -0.4 is 32.9 Å². The summed E-state index contributed by atoms with van der Waals surface area (Å²) in [6, 6.07) is 32.0. The Labute approximate surface area is 161 Å². The second-order valence-electron chi connectivity index (χ2n) is 6.79. The molecule has 3 aromatic rings. The van der Waals surface area contributed by atoms with Crippen LogP contribution in [0.25, 0.3) is 0 Å². The molecule has 0 aliphatic heterocycles. The topological polar surface area (TPSA) is 20.2 Å². The molecule has 0 spiro atoms. The van der Waals surface area contributed by atoms with Crippen LogP contribution in [0.2, 0.25) is 0 Å². The van der Waals surface area contributed by atoms with E-state index < -0.39 is 12.9 Å². The van der Waals surface area contributed by atoms with Crippen LogP contribution >= 0.6 is 7.26 Å². The van der Waals surface area contributed by atoms with Crippen molar-refractivity contribution in [3.05, 3.63) is 91.0 Å². The second-order valence-corrected chi connectivity index (χ2v) is 10.3. The predicted molar refractivity (Wildman–Crippen MR) is 106 cm³/mol.